The number of nitrogens with zero attached hydrogens (tertiary/aromatic N) is 1. The number of thiazole rings is 1. The van der Waals surface area contributed by atoms with Crippen molar-refractivity contribution in [3.8, 4) is 17.0 Å². The Hall–Kier alpha value is -3.11. The van der Waals surface area contributed by atoms with Crippen molar-refractivity contribution in [2.45, 2.75) is 24.8 Å². The number of aromatic nitrogens is 2. The molecule has 0 radical (unpaired) electrons. The molecule has 10 heteroatoms. The van der Waals surface area contributed by atoms with Crippen LogP contribution in [0.15, 0.2) is 62.0 Å². The first-order valence-corrected chi connectivity index (χ1v) is 11.0. The number of sulfonamides is 1. The van der Waals surface area contributed by atoms with Gasteiger partial charge in [0.05, 0.1) is 22.2 Å². The van der Waals surface area contributed by atoms with Crippen molar-refractivity contribution >= 4 is 37.6 Å². The van der Waals surface area contributed by atoms with E-state index in [0.29, 0.717) is 28.1 Å². The third-order valence-electron chi connectivity index (χ3n) is 3.95. The lowest BCUT2D eigenvalue weighted by Crippen LogP contribution is -2.13. The van der Waals surface area contributed by atoms with Crippen LogP contribution in [0.4, 0.5) is 5.13 Å². The molecule has 8 nitrogen and oxygen atoms in total. The quantitative estimate of drug-likeness (QED) is 0.479. The zero-order chi connectivity index (χ0) is 20.6. The van der Waals surface area contributed by atoms with Gasteiger partial charge in [0.15, 0.2) is 10.7 Å². The maximum Gasteiger partial charge on any atom is 0.417 e. The minimum atomic E-state index is -3.78. The summed E-state index contributed by atoms with van der Waals surface area (Å²) in [5, 5.41) is 1.96. The molecule has 0 saturated heterocycles. The number of aromatic amines is 1. The number of hydrogen-bond acceptors (Lipinski definition) is 7. The molecule has 0 atom stereocenters. The average molecular weight is 431 g/mol. The number of H-pyrrole nitrogens is 1. The molecule has 2 heterocycles. The molecule has 0 aliphatic heterocycles. The van der Waals surface area contributed by atoms with Crippen LogP contribution in [0, 0.1) is 0 Å². The average Bonchev–Trinajstić information content (AvgIpc) is 3.26. The summed E-state index contributed by atoms with van der Waals surface area (Å²) in [6.45, 7) is 3.79. The summed E-state index contributed by atoms with van der Waals surface area (Å²) in [6, 6.07) is 11.3. The molecule has 0 aliphatic rings. The molecule has 2 aromatic carbocycles. The van der Waals surface area contributed by atoms with E-state index in [9.17, 15) is 13.2 Å². The highest BCUT2D eigenvalue weighted by Crippen LogP contribution is 2.28. The number of ether oxygens (including phenoxy) is 1. The van der Waals surface area contributed by atoms with Crippen LogP contribution in [0.1, 0.15) is 13.8 Å². The van der Waals surface area contributed by atoms with Crippen molar-refractivity contribution in [3.63, 3.8) is 0 Å². The van der Waals surface area contributed by atoms with E-state index >= 15 is 0 Å². The lowest BCUT2D eigenvalue weighted by molar-refractivity contribution is 0.242. The minimum absolute atomic E-state index is 0.00263. The number of hydrogen-bond donors (Lipinski definition) is 2. The van der Waals surface area contributed by atoms with Gasteiger partial charge in [-0.2, -0.15) is 0 Å². The summed E-state index contributed by atoms with van der Waals surface area (Å²) in [4.78, 5) is 18.3. The largest absolute Gasteiger partial charge is 0.491 e. The molecular weight excluding hydrogens is 414 g/mol. The van der Waals surface area contributed by atoms with Crippen LogP contribution in [0.3, 0.4) is 0 Å². The third kappa shape index (κ3) is 4.17. The summed E-state index contributed by atoms with van der Waals surface area (Å²) in [6.07, 6.45) is 0.00263. The molecule has 0 saturated carbocycles. The second-order valence-corrected chi connectivity index (χ2v) is 9.05. The SMILES string of the molecule is CC(C)Oc1ccc(S(=O)(=O)Nc2nc(-c3ccc4[nH]c(=O)oc4c3)cs2)cc1. The molecule has 0 unspecified atom stereocenters. The number of fused-ring (bicyclic) bond motifs is 1. The highest BCUT2D eigenvalue weighted by molar-refractivity contribution is 7.93. The van der Waals surface area contributed by atoms with Crippen LogP contribution < -0.4 is 15.2 Å². The van der Waals surface area contributed by atoms with Crippen molar-refractivity contribution in [1.82, 2.24) is 9.97 Å². The van der Waals surface area contributed by atoms with Crippen LogP contribution in [-0.2, 0) is 10.0 Å². The molecule has 150 valence electrons. The Balaban J connectivity index is 1.55. The van der Waals surface area contributed by atoms with Gasteiger partial charge in [-0.25, -0.2) is 18.2 Å². The Bertz CT molecular complexity index is 1320. The van der Waals surface area contributed by atoms with Crippen molar-refractivity contribution in [1.29, 1.82) is 0 Å². The summed E-state index contributed by atoms with van der Waals surface area (Å²) in [7, 11) is -3.78. The predicted molar refractivity (Wildman–Crippen MR) is 111 cm³/mol. The van der Waals surface area contributed by atoms with Crippen LogP contribution in [-0.4, -0.2) is 24.5 Å². The summed E-state index contributed by atoms with van der Waals surface area (Å²) < 4.78 is 38.3. The standard InChI is InChI=1S/C19H17N3O5S2/c1-11(2)26-13-4-6-14(7-5-13)29(24,25)22-18-20-16(10-28-18)12-3-8-15-17(9-12)27-19(23)21-15/h3-11H,1-2H3,(H,20,22)(H,21,23). The fraction of sp³-hybridized carbons (Fsp3) is 0.158. The lowest BCUT2D eigenvalue weighted by atomic mass is 10.1. The van der Waals surface area contributed by atoms with E-state index in [4.69, 9.17) is 9.15 Å². The lowest BCUT2D eigenvalue weighted by Gasteiger charge is -2.10. The van der Waals surface area contributed by atoms with Crippen molar-refractivity contribution in [2.75, 3.05) is 4.72 Å². The number of anilines is 1. The molecule has 0 aliphatic carbocycles. The molecule has 4 rings (SSSR count). The number of nitrogens with one attached hydrogen (secondary N) is 2. The van der Waals surface area contributed by atoms with Gasteiger partial charge in [0, 0.05) is 10.9 Å². The van der Waals surface area contributed by atoms with Gasteiger partial charge >= 0.3 is 5.76 Å². The summed E-state index contributed by atoms with van der Waals surface area (Å²) >= 11 is 1.16. The Kier molecular flexibility index (Phi) is 4.89. The van der Waals surface area contributed by atoms with Gasteiger partial charge in [-0.15, -0.1) is 11.3 Å². The fourth-order valence-corrected chi connectivity index (χ4v) is 4.67. The maximum atomic E-state index is 12.6. The number of rotatable bonds is 6. The first-order chi connectivity index (χ1) is 13.8. The number of oxazole rings is 1. The fourth-order valence-electron chi connectivity index (χ4n) is 2.70. The van der Waals surface area contributed by atoms with Crippen LogP contribution in [0.5, 0.6) is 5.75 Å². The van der Waals surface area contributed by atoms with Gasteiger partial charge < -0.3 is 9.15 Å². The Labute approximate surface area is 170 Å². The molecule has 29 heavy (non-hydrogen) atoms. The molecule has 2 N–H and O–H groups in total. The first kappa shape index (κ1) is 19.2. The summed E-state index contributed by atoms with van der Waals surface area (Å²) in [5.74, 6) is 0.0657. The summed E-state index contributed by atoms with van der Waals surface area (Å²) in [5.41, 5.74) is 2.27. The third-order valence-corrected chi connectivity index (χ3v) is 6.19. The zero-order valence-electron chi connectivity index (χ0n) is 15.5. The zero-order valence-corrected chi connectivity index (χ0v) is 17.1. The van der Waals surface area contributed by atoms with E-state index in [0.717, 1.165) is 11.3 Å². The smallest absolute Gasteiger partial charge is 0.417 e. The first-order valence-electron chi connectivity index (χ1n) is 8.68. The maximum absolute atomic E-state index is 12.6. The Morgan fingerprint density at radius 1 is 1.17 bits per heavy atom. The van der Waals surface area contributed by atoms with Crippen LogP contribution in [0.25, 0.3) is 22.4 Å². The molecule has 0 fully saturated rings. The molecule has 0 amide bonds. The van der Waals surface area contributed by atoms with E-state index in [1.165, 1.54) is 12.1 Å². The molecule has 0 spiro atoms. The minimum Gasteiger partial charge on any atom is -0.491 e. The topological polar surface area (TPSA) is 114 Å². The van der Waals surface area contributed by atoms with Gasteiger partial charge in [-0.05, 0) is 50.2 Å². The van der Waals surface area contributed by atoms with Gasteiger partial charge in [0.2, 0.25) is 0 Å². The monoisotopic (exact) mass is 431 g/mol. The second kappa shape index (κ2) is 7.37. The van der Waals surface area contributed by atoms with Crippen molar-refractivity contribution in [2.24, 2.45) is 0 Å². The van der Waals surface area contributed by atoms with E-state index in [2.05, 4.69) is 14.7 Å². The molecule has 0 bridgehead atoms. The van der Waals surface area contributed by atoms with Gasteiger partial charge in [-0.3, -0.25) is 9.71 Å². The molecule has 4 aromatic rings. The van der Waals surface area contributed by atoms with E-state index in [1.54, 1.807) is 35.7 Å². The van der Waals surface area contributed by atoms with Crippen LogP contribution >= 0.6 is 11.3 Å². The Morgan fingerprint density at radius 3 is 2.66 bits per heavy atom. The molecular formula is C19H17N3O5S2. The van der Waals surface area contributed by atoms with E-state index < -0.39 is 15.8 Å². The van der Waals surface area contributed by atoms with E-state index in [1.807, 2.05) is 13.8 Å². The Morgan fingerprint density at radius 2 is 1.93 bits per heavy atom. The second-order valence-electron chi connectivity index (χ2n) is 6.51. The molecule has 2 aromatic heterocycles. The van der Waals surface area contributed by atoms with Gasteiger partial charge in [0.25, 0.3) is 10.0 Å². The van der Waals surface area contributed by atoms with Gasteiger partial charge in [0.1, 0.15) is 5.75 Å². The predicted octanol–water partition coefficient (Wildman–Crippen LogP) is 3.83. The van der Waals surface area contributed by atoms with Crippen molar-refractivity contribution < 1.29 is 17.6 Å². The highest BCUT2D eigenvalue weighted by Gasteiger charge is 2.17. The normalized spacial score (nSPS) is 11.8. The van der Waals surface area contributed by atoms with E-state index in [-0.39, 0.29) is 16.1 Å². The highest BCUT2D eigenvalue weighted by atomic mass is 32.2. The van der Waals surface area contributed by atoms with Crippen LogP contribution in [0.2, 0.25) is 0 Å². The number of benzene rings is 2. The van der Waals surface area contributed by atoms with Gasteiger partial charge in [-0.1, -0.05) is 6.07 Å². The van der Waals surface area contributed by atoms with Crippen molar-refractivity contribution in [3.05, 3.63) is 58.4 Å².